The lowest BCUT2D eigenvalue weighted by atomic mass is 10.1. The van der Waals surface area contributed by atoms with Crippen LogP contribution < -0.4 is 15.5 Å². The van der Waals surface area contributed by atoms with Gasteiger partial charge in [-0.1, -0.05) is 29.8 Å². The molecule has 0 unspecified atom stereocenters. The standard InChI is InChI=1S/C24H29FN6OS/c1-17-3-8-21(18(2)15-17)27-23(32)26-9-10-30-11-13-31(14-12-30)24-28-22(29-33-24)16-19-4-6-20(25)7-5-19/h3-8,15H,9-14,16H2,1-2H3,(H2,26,27,32). The van der Waals surface area contributed by atoms with Crippen LogP contribution >= 0.6 is 11.5 Å². The highest BCUT2D eigenvalue weighted by molar-refractivity contribution is 7.09. The van der Waals surface area contributed by atoms with E-state index in [1.165, 1.54) is 29.2 Å². The Kier molecular flexibility index (Phi) is 7.51. The van der Waals surface area contributed by atoms with Gasteiger partial charge in [0.2, 0.25) is 5.13 Å². The Morgan fingerprint density at radius 2 is 1.85 bits per heavy atom. The van der Waals surface area contributed by atoms with Crippen molar-refractivity contribution in [3.63, 3.8) is 0 Å². The van der Waals surface area contributed by atoms with Crippen LogP contribution in [0, 0.1) is 19.7 Å². The van der Waals surface area contributed by atoms with Crippen LogP contribution in [0.25, 0.3) is 0 Å². The van der Waals surface area contributed by atoms with Crippen molar-refractivity contribution in [3.05, 3.63) is 70.8 Å². The summed E-state index contributed by atoms with van der Waals surface area (Å²) in [6.07, 6.45) is 0.604. The second kappa shape index (κ2) is 10.7. The van der Waals surface area contributed by atoms with Crippen LogP contribution in [0.5, 0.6) is 0 Å². The molecule has 0 radical (unpaired) electrons. The molecule has 0 atom stereocenters. The van der Waals surface area contributed by atoms with E-state index in [0.717, 1.165) is 60.5 Å². The summed E-state index contributed by atoms with van der Waals surface area (Å²) in [6.45, 7) is 9.00. The molecule has 2 amide bonds. The smallest absolute Gasteiger partial charge is 0.319 e. The number of carbonyl (C=O) groups excluding carboxylic acids is 1. The first-order valence-electron chi connectivity index (χ1n) is 11.1. The number of amides is 2. The van der Waals surface area contributed by atoms with Gasteiger partial charge in [-0.3, -0.25) is 4.90 Å². The number of hydrogen-bond donors (Lipinski definition) is 2. The van der Waals surface area contributed by atoms with Crippen molar-refractivity contribution < 1.29 is 9.18 Å². The molecule has 1 aliphatic rings. The average molecular weight is 469 g/mol. The number of aromatic nitrogens is 2. The maximum Gasteiger partial charge on any atom is 0.319 e. The summed E-state index contributed by atoms with van der Waals surface area (Å²) in [5, 5.41) is 6.79. The minimum atomic E-state index is -0.235. The van der Waals surface area contributed by atoms with Gasteiger partial charge in [0.1, 0.15) is 11.6 Å². The zero-order chi connectivity index (χ0) is 23.2. The molecule has 4 rings (SSSR count). The summed E-state index contributed by atoms with van der Waals surface area (Å²) < 4.78 is 17.5. The summed E-state index contributed by atoms with van der Waals surface area (Å²) in [5.74, 6) is 0.531. The van der Waals surface area contributed by atoms with Crippen LogP contribution in [-0.4, -0.2) is 59.6 Å². The van der Waals surface area contributed by atoms with Crippen LogP contribution in [0.1, 0.15) is 22.5 Å². The number of hydrogen-bond acceptors (Lipinski definition) is 6. The summed E-state index contributed by atoms with van der Waals surface area (Å²) in [4.78, 5) is 21.5. The van der Waals surface area contributed by atoms with Gasteiger partial charge in [0.25, 0.3) is 0 Å². The molecule has 7 nitrogen and oxygen atoms in total. The molecule has 174 valence electrons. The molecule has 2 N–H and O–H groups in total. The van der Waals surface area contributed by atoms with Gasteiger partial charge in [0, 0.05) is 62.9 Å². The van der Waals surface area contributed by atoms with E-state index < -0.39 is 0 Å². The fourth-order valence-corrected chi connectivity index (χ4v) is 4.58. The molecule has 0 aliphatic carbocycles. The molecular formula is C24H29FN6OS. The molecule has 33 heavy (non-hydrogen) atoms. The van der Waals surface area contributed by atoms with E-state index in [4.69, 9.17) is 0 Å². The van der Waals surface area contributed by atoms with E-state index >= 15 is 0 Å². The quantitative estimate of drug-likeness (QED) is 0.551. The lowest BCUT2D eigenvalue weighted by molar-refractivity contribution is 0.240. The zero-order valence-electron chi connectivity index (χ0n) is 19.0. The number of anilines is 2. The van der Waals surface area contributed by atoms with Crippen LogP contribution in [0.15, 0.2) is 42.5 Å². The largest absolute Gasteiger partial charge is 0.344 e. The van der Waals surface area contributed by atoms with E-state index in [-0.39, 0.29) is 11.8 Å². The number of nitrogens with one attached hydrogen (secondary N) is 2. The van der Waals surface area contributed by atoms with Gasteiger partial charge in [-0.05, 0) is 43.2 Å². The Balaban J connectivity index is 1.17. The van der Waals surface area contributed by atoms with Crippen molar-refractivity contribution in [3.8, 4) is 0 Å². The van der Waals surface area contributed by atoms with Crippen molar-refractivity contribution in [2.45, 2.75) is 20.3 Å². The van der Waals surface area contributed by atoms with Gasteiger partial charge in [0.05, 0.1) is 0 Å². The molecular weight excluding hydrogens is 439 g/mol. The van der Waals surface area contributed by atoms with Crippen molar-refractivity contribution >= 4 is 28.4 Å². The number of urea groups is 1. The van der Waals surface area contributed by atoms with Crippen LogP contribution in [-0.2, 0) is 6.42 Å². The van der Waals surface area contributed by atoms with Crippen LogP contribution in [0.4, 0.5) is 20.0 Å². The van der Waals surface area contributed by atoms with Crippen LogP contribution in [0.3, 0.4) is 0 Å². The average Bonchev–Trinajstić information content (AvgIpc) is 3.26. The fourth-order valence-electron chi connectivity index (χ4n) is 3.84. The molecule has 0 saturated carbocycles. The van der Waals surface area contributed by atoms with E-state index in [2.05, 4.69) is 35.9 Å². The molecule has 1 aromatic heterocycles. The van der Waals surface area contributed by atoms with E-state index in [9.17, 15) is 9.18 Å². The number of halogens is 1. The highest BCUT2D eigenvalue weighted by Gasteiger charge is 2.20. The Labute approximate surface area is 197 Å². The second-order valence-electron chi connectivity index (χ2n) is 8.32. The minimum Gasteiger partial charge on any atom is -0.344 e. The van der Waals surface area contributed by atoms with Gasteiger partial charge in [0.15, 0.2) is 0 Å². The van der Waals surface area contributed by atoms with E-state index in [1.54, 1.807) is 12.1 Å². The molecule has 1 fully saturated rings. The molecule has 1 aliphatic heterocycles. The molecule has 0 spiro atoms. The predicted molar refractivity (Wildman–Crippen MR) is 131 cm³/mol. The SMILES string of the molecule is Cc1ccc(NC(=O)NCCN2CCN(c3nc(Cc4ccc(F)cc4)ns3)CC2)c(C)c1. The fraction of sp³-hybridized carbons (Fsp3) is 0.375. The Hall–Kier alpha value is -3.04. The number of carbonyl (C=O) groups is 1. The Morgan fingerprint density at radius 3 is 2.58 bits per heavy atom. The summed E-state index contributed by atoms with van der Waals surface area (Å²) >= 11 is 1.41. The number of aryl methyl sites for hydroxylation is 2. The number of benzene rings is 2. The lowest BCUT2D eigenvalue weighted by Gasteiger charge is -2.34. The van der Waals surface area contributed by atoms with Gasteiger partial charge < -0.3 is 15.5 Å². The van der Waals surface area contributed by atoms with Crippen molar-refractivity contribution in [1.82, 2.24) is 19.6 Å². The maximum absolute atomic E-state index is 13.1. The number of piperazine rings is 1. The first kappa shape index (κ1) is 23.1. The van der Waals surface area contributed by atoms with Gasteiger partial charge in [-0.15, -0.1) is 0 Å². The second-order valence-corrected chi connectivity index (χ2v) is 9.05. The zero-order valence-corrected chi connectivity index (χ0v) is 19.8. The van der Waals surface area contributed by atoms with Gasteiger partial charge in [-0.2, -0.15) is 4.37 Å². The number of nitrogens with zero attached hydrogens (tertiary/aromatic N) is 4. The Bertz CT molecular complexity index is 1080. The predicted octanol–water partition coefficient (Wildman–Crippen LogP) is 3.83. The third kappa shape index (κ3) is 6.49. The van der Waals surface area contributed by atoms with Crippen molar-refractivity contribution in [1.29, 1.82) is 0 Å². The highest BCUT2D eigenvalue weighted by atomic mass is 32.1. The molecule has 0 bridgehead atoms. The van der Waals surface area contributed by atoms with Crippen LogP contribution in [0.2, 0.25) is 0 Å². The highest BCUT2D eigenvalue weighted by Crippen LogP contribution is 2.20. The number of rotatable bonds is 7. The maximum atomic E-state index is 13.1. The minimum absolute atomic E-state index is 0.178. The van der Waals surface area contributed by atoms with Crippen molar-refractivity contribution in [2.75, 3.05) is 49.5 Å². The lowest BCUT2D eigenvalue weighted by Crippen LogP contribution is -2.48. The summed E-state index contributed by atoms with van der Waals surface area (Å²) in [7, 11) is 0. The van der Waals surface area contributed by atoms with E-state index in [0.29, 0.717) is 13.0 Å². The molecule has 9 heteroatoms. The molecule has 2 aromatic carbocycles. The third-order valence-electron chi connectivity index (χ3n) is 5.72. The van der Waals surface area contributed by atoms with Crippen molar-refractivity contribution in [2.24, 2.45) is 0 Å². The van der Waals surface area contributed by atoms with E-state index in [1.807, 2.05) is 26.0 Å². The topological polar surface area (TPSA) is 73.4 Å². The molecule has 1 saturated heterocycles. The Morgan fingerprint density at radius 1 is 1.09 bits per heavy atom. The van der Waals surface area contributed by atoms with Gasteiger partial charge in [-0.25, -0.2) is 14.2 Å². The summed E-state index contributed by atoms with van der Waals surface area (Å²) in [5.41, 5.74) is 4.07. The first-order valence-corrected chi connectivity index (χ1v) is 11.9. The molecule has 3 aromatic rings. The third-order valence-corrected chi connectivity index (χ3v) is 6.53. The monoisotopic (exact) mass is 468 g/mol. The normalized spacial score (nSPS) is 14.3. The molecule has 2 heterocycles. The van der Waals surface area contributed by atoms with Gasteiger partial charge >= 0.3 is 6.03 Å². The first-order chi connectivity index (χ1) is 16.0. The summed E-state index contributed by atoms with van der Waals surface area (Å²) in [6, 6.07) is 12.3.